The molecule has 6 heteroatoms. The summed E-state index contributed by atoms with van der Waals surface area (Å²) in [6.45, 7) is 0. The summed E-state index contributed by atoms with van der Waals surface area (Å²) >= 11 is 0. The molecule has 0 saturated carbocycles. The van der Waals surface area contributed by atoms with Crippen LogP contribution < -0.4 is 10.1 Å². The average Bonchev–Trinajstić information content (AvgIpc) is 2.45. The van der Waals surface area contributed by atoms with Gasteiger partial charge in [0.15, 0.2) is 5.37 Å². The summed E-state index contributed by atoms with van der Waals surface area (Å²) in [4.78, 5) is 0. The van der Waals surface area contributed by atoms with Crippen LogP contribution in [0.15, 0.2) is 54.6 Å². The van der Waals surface area contributed by atoms with E-state index in [4.69, 9.17) is 4.74 Å². The summed E-state index contributed by atoms with van der Waals surface area (Å²) in [5, 5.41) is 1.57. The number of hydrogen-bond donors (Lipinski definition) is 2. The Bertz CT molecular complexity index is 653. The predicted octanol–water partition coefficient (Wildman–Crippen LogP) is 2.69. The zero-order valence-corrected chi connectivity index (χ0v) is 11.7. The third-order valence-corrected chi connectivity index (χ3v) is 3.77. The Balaban J connectivity index is 2.33. The third-order valence-electron chi connectivity index (χ3n) is 2.79. The van der Waals surface area contributed by atoms with Crippen LogP contribution in [0.2, 0.25) is 0 Å². The lowest BCUT2D eigenvalue weighted by atomic mass is 10.2. The fourth-order valence-corrected chi connectivity index (χ4v) is 2.58. The van der Waals surface area contributed by atoms with Crippen molar-refractivity contribution in [2.75, 3.05) is 12.4 Å². The highest BCUT2D eigenvalue weighted by Crippen LogP contribution is 2.25. The van der Waals surface area contributed by atoms with E-state index in [2.05, 4.69) is 5.32 Å². The third kappa shape index (κ3) is 3.49. The second-order valence-electron chi connectivity index (χ2n) is 4.18. The van der Waals surface area contributed by atoms with Crippen LogP contribution in [0.25, 0.3) is 0 Å². The molecule has 0 saturated heterocycles. The van der Waals surface area contributed by atoms with E-state index >= 15 is 0 Å². The van der Waals surface area contributed by atoms with Crippen LogP contribution in [0.1, 0.15) is 10.9 Å². The molecule has 0 fully saturated rings. The smallest absolute Gasteiger partial charge is 0.290 e. The first-order valence-electron chi connectivity index (χ1n) is 5.92. The molecule has 1 atom stereocenters. The summed E-state index contributed by atoms with van der Waals surface area (Å²) in [7, 11) is -2.76. The van der Waals surface area contributed by atoms with E-state index < -0.39 is 15.5 Å². The highest BCUT2D eigenvalue weighted by Gasteiger charge is 2.24. The SMILES string of the molecule is COc1ccc(C(Nc2ccccc2)S(=O)(=O)O)cc1. The molecule has 0 radical (unpaired) electrons. The molecule has 0 bridgehead atoms. The average molecular weight is 293 g/mol. The molecule has 106 valence electrons. The molecule has 0 aliphatic heterocycles. The van der Waals surface area contributed by atoms with Gasteiger partial charge in [0.25, 0.3) is 10.1 Å². The van der Waals surface area contributed by atoms with E-state index in [0.29, 0.717) is 17.0 Å². The molecule has 0 heterocycles. The molecular formula is C14H15NO4S. The van der Waals surface area contributed by atoms with E-state index in [1.807, 2.05) is 6.07 Å². The van der Waals surface area contributed by atoms with Crippen molar-refractivity contribution < 1.29 is 17.7 Å². The van der Waals surface area contributed by atoms with Gasteiger partial charge >= 0.3 is 0 Å². The lowest BCUT2D eigenvalue weighted by Gasteiger charge is -2.17. The minimum Gasteiger partial charge on any atom is -0.497 e. The topological polar surface area (TPSA) is 75.6 Å². The normalized spacial score (nSPS) is 12.7. The molecule has 0 aromatic heterocycles. The maximum atomic E-state index is 11.6. The summed E-state index contributed by atoms with van der Waals surface area (Å²) < 4.78 is 37.5. The number of para-hydroxylation sites is 1. The van der Waals surface area contributed by atoms with Crippen molar-refractivity contribution in [3.8, 4) is 5.75 Å². The number of benzene rings is 2. The number of nitrogens with one attached hydrogen (secondary N) is 1. The van der Waals surface area contributed by atoms with Crippen molar-refractivity contribution in [1.29, 1.82) is 0 Å². The van der Waals surface area contributed by atoms with Gasteiger partial charge in [0, 0.05) is 5.69 Å². The van der Waals surface area contributed by atoms with Crippen LogP contribution in [-0.4, -0.2) is 20.1 Å². The Kier molecular flexibility index (Phi) is 4.26. The maximum Gasteiger partial charge on any atom is 0.290 e. The van der Waals surface area contributed by atoms with E-state index in [0.717, 1.165) is 0 Å². The van der Waals surface area contributed by atoms with Crippen molar-refractivity contribution >= 4 is 15.8 Å². The van der Waals surface area contributed by atoms with Crippen LogP contribution in [0.3, 0.4) is 0 Å². The number of ether oxygens (including phenoxy) is 1. The van der Waals surface area contributed by atoms with Gasteiger partial charge in [-0.3, -0.25) is 4.55 Å². The van der Waals surface area contributed by atoms with Crippen LogP contribution in [0, 0.1) is 0 Å². The summed E-state index contributed by atoms with van der Waals surface area (Å²) in [6, 6.07) is 15.3. The number of rotatable bonds is 5. The minimum atomic E-state index is -4.29. The largest absolute Gasteiger partial charge is 0.497 e. The maximum absolute atomic E-state index is 11.6. The van der Waals surface area contributed by atoms with Gasteiger partial charge in [-0.15, -0.1) is 0 Å². The Labute approximate surface area is 118 Å². The van der Waals surface area contributed by atoms with Crippen molar-refractivity contribution in [1.82, 2.24) is 0 Å². The minimum absolute atomic E-state index is 0.428. The predicted molar refractivity (Wildman–Crippen MR) is 77.3 cm³/mol. The monoisotopic (exact) mass is 293 g/mol. The molecule has 1 unspecified atom stereocenters. The Hall–Kier alpha value is -2.05. The van der Waals surface area contributed by atoms with Gasteiger partial charge in [-0.2, -0.15) is 8.42 Å². The van der Waals surface area contributed by atoms with Crippen LogP contribution in [0.4, 0.5) is 5.69 Å². The zero-order chi connectivity index (χ0) is 14.6. The summed E-state index contributed by atoms with van der Waals surface area (Å²) in [5.41, 5.74) is 1.03. The second-order valence-corrected chi connectivity index (χ2v) is 5.68. The van der Waals surface area contributed by atoms with Crippen LogP contribution in [0.5, 0.6) is 5.75 Å². The highest BCUT2D eigenvalue weighted by molar-refractivity contribution is 7.86. The first kappa shape index (κ1) is 14.4. The highest BCUT2D eigenvalue weighted by atomic mass is 32.2. The van der Waals surface area contributed by atoms with Crippen molar-refractivity contribution in [3.63, 3.8) is 0 Å². The summed E-state index contributed by atoms with van der Waals surface area (Å²) in [5.74, 6) is 0.613. The number of hydrogen-bond acceptors (Lipinski definition) is 4. The molecule has 0 aliphatic carbocycles. The van der Waals surface area contributed by atoms with E-state index in [9.17, 15) is 13.0 Å². The molecule has 2 N–H and O–H groups in total. The molecule has 2 rings (SSSR count). The lowest BCUT2D eigenvalue weighted by molar-refractivity contribution is 0.414. The van der Waals surface area contributed by atoms with Gasteiger partial charge in [0.2, 0.25) is 0 Å². The molecule has 2 aromatic carbocycles. The standard InChI is InChI=1S/C14H15NO4S/c1-19-13-9-7-11(8-10-13)14(20(16,17)18)15-12-5-3-2-4-6-12/h2-10,14-15H,1H3,(H,16,17,18). The van der Waals surface area contributed by atoms with Gasteiger partial charge < -0.3 is 10.1 Å². The van der Waals surface area contributed by atoms with Gasteiger partial charge in [-0.1, -0.05) is 30.3 Å². The van der Waals surface area contributed by atoms with E-state index in [1.54, 1.807) is 48.5 Å². The zero-order valence-electron chi connectivity index (χ0n) is 10.9. The van der Waals surface area contributed by atoms with E-state index in [1.165, 1.54) is 7.11 Å². The molecule has 0 amide bonds. The van der Waals surface area contributed by atoms with Crippen LogP contribution in [-0.2, 0) is 10.1 Å². The number of methoxy groups -OCH3 is 1. The molecule has 0 aliphatic rings. The van der Waals surface area contributed by atoms with Gasteiger partial charge in [0.1, 0.15) is 5.75 Å². The molecule has 2 aromatic rings. The first-order valence-corrected chi connectivity index (χ1v) is 7.43. The summed E-state index contributed by atoms with van der Waals surface area (Å²) in [6.07, 6.45) is 0. The number of anilines is 1. The molecule has 5 nitrogen and oxygen atoms in total. The quantitative estimate of drug-likeness (QED) is 0.829. The van der Waals surface area contributed by atoms with E-state index in [-0.39, 0.29) is 0 Å². The Morgan fingerprint density at radius 1 is 1.05 bits per heavy atom. The van der Waals surface area contributed by atoms with Gasteiger partial charge in [-0.05, 0) is 29.8 Å². The Morgan fingerprint density at radius 2 is 1.65 bits per heavy atom. The lowest BCUT2D eigenvalue weighted by Crippen LogP contribution is -2.20. The van der Waals surface area contributed by atoms with Gasteiger partial charge in [-0.25, -0.2) is 0 Å². The van der Waals surface area contributed by atoms with Crippen LogP contribution >= 0.6 is 0 Å². The van der Waals surface area contributed by atoms with Crippen molar-refractivity contribution in [3.05, 3.63) is 60.2 Å². The molecular weight excluding hydrogens is 278 g/mol. The molecule has 20 heavy (non-hydrogen) atoms. The second kappa shape index (κ2) is 5.94. The first-order chi connectivity index (χ1) is 9.50. The van der Waals surface area contributed by atoms with Crippen molar-refractivity contribution in [2.45, 2.75) is 5.37 Å². The van der Waals surface area contributed by atoms with Gasteiger partial charge in [0.05, 0.1) is 7.11 Å². The fraction of sp³-hybridized carbons (Fsp3) is 0.143. The fourth-order valence-electron chi connectivity index (χ4n) is 1.79. The van der Waals surface area contributed by atoms with Crippen molar-refractivity contribution in [2.24, 2.45) is 0 Å². The Morgan fingerprint density at radius 3 is 2.15 bits per heavy atom. The molecule has 0 spiro atoms.